The number of anilines is 1. The minimum Gasteiger partial charge on any atom is -0.356 e. The topological polar surface area (TPSA) is 47.7 Å². The van der Waals surface area contributed by atoms with E-state index in [4.69, 9.17) is 0 Å². The molecule has 0 saturated carbocycles. The van der Waals surface area contributed by atoms with Crippen LogP contribution in [0, 0.1) is 6.92 Å². The van der Waals surface area contributed by atoms with Gasteiger partial charge in [-0.15, -0.1) is 0 Å². The van der Waals surface area contributed by atoms with Crippen LogP contribution in [0.5, 0.6) is 0 Å². The Morgan fingerprint density at radius 3 is 2.89 bits per heavy atom. The van der Waals surface area contributed by atoms with Gasteiger partial charge in [0.25, 0.3) is 0 Å². The number of aromatic nitrogens is 4. The molecule has 2 rings (SSSR count). The lowest BCUT2D eigenvalue weighted by Crippen LogP contribution is -2.10. The highest BCUT2D eigenvalue weighted by molar-refractivity contribution is 5.28. The van der Waals surface area contributed by atoms with Gasteiger partial charge in [-0.1, -0.05) is 13.3 Å². The minimum absolute atomic E-state index is 0.943. The molecule has 0 aliphatic rings. The third-order valence-corrected chi connectivity index (χ3v) is 3.06. The van der Waals surface area contributed by atoms with Crippen LogP contribution in [-0.4, -0.2) is 25.9 Å². The molecule has 2 heterocycles. The van der Waals surface area contributed by atoms with Crippen LogP contribution in [0.15, 0.2) is 24.7 Å². The van der Waals surface area contributed by atoms with Crippen molar-refractivity contribution in [1.82, 2.24) is 19.3 Å². The van der Waals surface area contributed by atoms with Gasteiger partial charge in [0.15, 0.2) is 0 Å². The Labute approximate surface area is 114 Å². The Hall–Kier alpha value is -1.78. The van der Waals surface area contributed by atoms with Gasteiger partial charge in [0.2, 0.25) is 5.95 Å². The highest BCUT2D eigenvalue weighted by Gasteiger charge is 2.04. The second kappa shape index (κ2) is 6.97. The molecule has 5 nitrogen and oxygen atoms in total. The van der Waals surface area contributed by atoms with Crippen LogP contribution in [0.1, 0.15) is 31.9 Å². The maximum Gasteiger partial charge on any atom is 0.203 e. The summed E-state index contributed by atoms with van der Waals surface area (Å²) in [4.78, 5) is 4.53. The molecular formula is C14H23N5. The molecule has 104 valence electrons. The molecule has 0 radical (unpaired) electrons. The first-order chi connectivity index (χ1) is 9.29. The molecule has 0 aliphatic carbocycles. The van der Waals surface area contributed by atoms with Crippen LogP contribution in [0.25, 0.3) is 0 Å². The van der Waals surface area contributed by atoms with E-state index in [0.29, 0.717) is 0 Å². The van der Waals surface area contributed by atoms with Crippen LogP contribution >= 0.6 is 0 Å². The summed E-state index contributed by atoms with van der Waals surface area (Å²) in [6, 6.07) is 1.96. The summed E-state index contributed by atoms with van der Waals surface area (Å²) in [6.07, 6.45) is 9.36. The summed E-state index contributed by atoms with van der Waals surface area (Å²) in [5, 5.41) is 7.62. The Kier molecular flexibility index (Phi) is 5.01. The Bertz CT molecular complexity index is 472. The van der Waals surface area contributed by atoms with Crippen LogP contribution in [0.2, 0.25) is 0 Å². The van der Waals surface area contributed by atoms with Gasteiger partial charge in [-0.05, 0) is 25.8 Å². The fourth-order valence-electron chi connectivity index (χ4n) is 2.07. The summed E-state index contributed by atoms with van der Waals surface area (Å²) < 4.78 is 4.17. The van der Waals surface area contributed by atoms with E-state index in [2.05, 4.69) is 33.1 Å². The summed E-state index contributed by atoms with van der Waals surface area (Å²) >= 11 is 0. The maximum absolute atomic E-state index is 4.53. The zero-order valence-corrected chi connectivity index (χ0v) is 11.8. The van der Waals surface area contributed by atoms with Crippen molar-refractivity contribution in [3.05, 3.63) is 30.4 Å². The first-order valence-corrected chi connectivity index (χ1v) is 7.04. The Morgan fingerprint density at radius 2 is 2.16 bits per heavy atom. The van der Waals surface area contributed by atoms with Crippen molar-refractivity contribution in [1.29, 1.82) is 0 Å². The lowest BCUT2D eigenvalue weighted by Gasteiger charge is -2.09. The summed E-state index contributed by atoms with van der Waals surface area (Å²) in [6.45, 7) is 7.14. The number of imidazole rings is 1. The molecule has 0 aliphatic heterocycles. The van der Waals surface area contributed by atoms with E-state index in [1.54, 1.807) is 0 Å². The fraction of sp³-hybridized carbons (Fsp3) is 0.571. The van der Waals surface area contributed by atoms with Gasteiger partial charge in [0.1, 0.15) is 0 Å². The highest BCUT2D eigenvalue weighted by Crippen LogP contribution is 2.10. The van der Waals surface area contributed by atoms with Crippen molar-refractivity contribution in [3.63, 3.8) is 0 Å². The average Bonchev–Trinajstić information content (AvgIpc) is 3.00. The molecule has 5 heteroatoms. The Morgan fingerprint density at radius 1 is 1.26 bits per heavy atom. The van der Waals surface area contributed by atoms with E-state index < -0.39 is 0 Å². The number of rotatable bonds is 8. The van der Waals surface area contributed by atoms with Crippen molar-refractivity contribution in [3.8, 4) is 0 Å². The van der Waals surface area contributed by atoms with Crippen molar-refractivity contribution in [2.45, 2.75) is 46.2 Å². The normalized spacial score (nSPS) is 10.8. The smallest absolute Gasteiger partial charge is 0.203 e. The molecular weight excluding hydrogens is 238 g/mol. The summed E-state index contributed by atoms with van der Waals surface area (Å²) in [7, 11) is 0. The van der Waals surface area contributed by atoms with E-state index in [9.17, 15) is 0 Å². The molecule has 0 atom stereocenters. The van der Waals surface area contributed by atoms with Crippen molar-refractivity contribution < 1.29 is 0 Å². The largest absolute Gasteiger partial charge is 0.356 e. The second-order valence-electron chi connectivity index (χ2n) is 4.80. The number of hydrogen-bond acceptors (Lipinski definition) is 3. The molecule has 2 aromatic heterocycles. The van der Waals surface area contributed by atoms with E-state index in [1.165, 1.54) is 12.8 Å². The van der Waals surface area contributed by atoms with E-state index in [1.807, 2.05) is 30.1 Å². The molecule has 0 spiro atoms. The Balaban J connectivity index is 1.84. The second-order valence-corrected chi connectivity index (χ2v) is 4.80. The van der Waals surface area contributed by atoms with Crippen LogP contribution < -0.4 is 5.32 Å². The zero-order valence-electron chi connectivity index (χ0n) is 11.8. The quantitative estimate of drug-likeness (QED) is 0.743. The van der Waals surface area contributed by atoms with Gasteiger partial charge in [-0.3, -0.25) is 4.68 Å². The molecule has 2 aromatic rings. The molecule has 0 fully saturated rings. The molecule has 0 amide bonds. The average molecular weight is 261 g/mol. The number of nitrogens with zero attached hydrogens (tertiary/aromatic N) is 4. The van der Waals surface area contributed by atoms with Crippen LogP contribution in [0.4, 0.5) is 5.95 Å². The zero-order chi connectivity index (χ0) is 13.5. The van der Waals surface area contributed by atoms with E-state index >= 15 is 0 Å². The number of hydrogen-bond donors (Lipinski definition) is 1. The van der Waals surface area contributed by atoms with Crippen molar-refractivity contribution >= 4 is 5.95 Å². The lowest BCUT2D eigenvalue weighted by molar-refractivity contribution is 0.528. The minimum atomic E-state index is 0.943. The SMILES string of the molecule is CCCCNc1nc(C)cn1CCCn1cccn1. The number of aryl methyl sites for hydroxylation is 3. The molecule has 19 heavy (non-hydrogen) atoms. The van der Waals surface area contributed by atoms with Gasteiger partial charge < -0.3 is 9.88 Å². The van der Waals surface area contributed by atoms with Gasteiger partial charge in [-0.25, -0.2) is 4.98 Å². The molecule has 0 saturated heterocycles. The molecule has 1 N–H and O–H groups in total. The molecule has 0 unspecified atom stereocenters. The summed E-state index contributed by atoms with van der Waals surface area (Å²) in [5.41, 5.74) is 1.07. The maximum atomic E-state index is 4.53. The highest BCUT2D eigenvalue weighted by atomic mass is 15.3. The summed E-state index contributed by atoms with van der Waals surface area (Å²) in [5.74, 6) is 0.992. The number of nitrogens with one attached hydrogen (secondary N) is 1. The van der Waals surface area contributed by atoms with Crippen LogP contribution in [0.3, 0.4) is 0 Å². The van der Waals surface area contributed by atoms with Crippen LogP contribution in [-0.2, 0) is 13.1 Å². The molecule has 0 bridgehead atoms. The van der Waals surface area contributed by atoms with Crippen molar-refractivity contribution in [2.24, 2.45) is 0 Å². The predicted octanol–water partition coefficient (Wildman–Crippen LogP) is 2.69. The first kappa shape index (κ1) is 13.6. The van der Waals surface area contributed by atoms with E-state index in [0.717, 1.165) is 37.7 Å². The predicted molar refractivity (Wildman–Crippen MR) is 77.2 cm³/mol. The molecule has 0 aromatic carbocycles. The van der Waals surface area contributed by atoms with E-state index in [-0.39, 0.29) is 0 Å². The van der Waals surface area contributed by atoms with Gasteiger partial charge in [0.05, 0.1) is 5.69 Å². The van der Waals surface area contributed by atoms with Crippen molar-refractivity contribution in [2.75, 3.05) is 11.9 Å². The standard InChI is InChI=1S/C14H23N5/c1-3-4-7-15-14-17-13(2)12-18(14)9-6-11-19-10-5-8-16-19/h5,8,10,12H,3-4,6-7,9,11H2,1-2H3,(H,15,17). The number of unbranched alkanes of at least 4 members (excludes halogenated alkanes) is 1. The monoisotopic (exact) mass is 261 g/mol. The van der Waals surface area contributed by atoms with Gasteiger partial charge >= 0.3 is 0 Å². The third kappa shape index (κ3) is 4.12. The van der Waals surface area contributed by atoms with Gasteiger partial charge in [0, 0.05) is 38.2 Å². The fourth-order valence-corrected chi connectivity index (χ4v) is 2.07. The first-order valence-electron chi connectivity index (χ1n) is 7.04. The van der Waals surface area contributed by atoms with Gasteiger partial charge in [-0.2, -0.15) is 5.10 Å². The third-order valence-electron chi connectivity index (χ3n) is 3.06. The lowest BCUT2D eigenvalue weighted by atomic mass is 10.3.